The van der Waals surface area contributed by atoms with E-state index in [2.05, 4.69) is 59.5 Å². The molecule has 7 nitrogen and oxygen atoms in total. The summed E-state index contributed by atoms with van der Waals surface area (Å²) in [6, 6.07) is 0.734. The summed E-state index contributed by atoms with van der Waals surface area (Å²) in [4.78, 5) is 14.1. The van der Waals surface area contributed by atoms with E-state index in [0.717, 1.165) is 42.8 Å². The van der Waals surface area contributed by atoms with Crippen LogP contribution in [-0.4, -0.2) is 67.1 Å². The van der Waals surface area contributed by atoms with Crippen LogP contribution >= 0.6 is 0 Å². The maximum atomic E-state index is 10.4. The highest BCUT2D eigenvalue weighted by molar-refractivity contribution is 5.87. The van der Waals surface area contributed by atoms with Gasteiger partial charge in [0.15, 0.2) is 5.65 Å². The third-order valence-electron chi connectivity index (χ3n) is 5.59. The number of hydrogen-bond donors (Lipinski definition) is 1. The quantitative estimate of drug-likeness (QED) is 0.849. The number of anilines is 1. The van der Waals surface area contributed by atoms with Crippen molar-refractivity contribution >= 4 is 16.9 Å². The topological polar surface area (TPSA) is 70.3 Å². The smallest absolute Gasteiger partial charge is 0.163 e. The summed E-state index contributed by atoms with van der Waals surface area (Å²) in [6.07, 6.45) is 5.64. The molecule has 1 aliphatic heterocycles. The van der Waals surface area contributed by atoms with Gasteiger partial charge in [0.05, 0.1) is 22.7 Å². The molecule has 3 heterocycles. The molecule has 1 fully saturated rings. The fourth-order valence-electron chi connectivity index (χ4n) is 4.25. The number of piperazine rings is 1. The van der Waals surface area contributed by atoms with E-state index < -0.39 is 5.60 Å². The zero-order valence-electron chi connectivity index (χ0n) is 18.5. The molecule has 0 aliphatic carbocycles. The lowest BCUT2D eigenvalue weighted by atomic mass is 9.99. The van der Waals surface area contributed by atoms with E-state index >= 15 is 0 Å². The summed E-state index contributed by atoms with van der Waals surface area (Å²) in [6.45, 7) is 17.2. The first-order chi connectivity index (χ1) is 13.0. The summed E-state index contributed by atoms with van der Waals surface area (Å²) < 4.78 is 1.98. The number of β-amino-alcohol motifs (C(OH)–C–C–N with tert-alkyl or cyclic N) is 1. The first-order valence-corrected chi connectivity index (χ1v) is 10.5. The summed E-state index contributed by atoms with van der Waals surface area (Å²) in [5.74, 6) is 0.980. The summed E-state index contributed by atoms with van der Waals surface area (Å²) in [5, 5.41) is 16.0. The van der Waals surface area contributed by atoms with Crippen molar-refractivity contribution < 1.29 is 5.11 Å². The molecular weight excluding hydrogens is 352 g/mol. The highest BCUT2D eigenvalue weighted by atomic mass is 16.3. The molecule has 3 rings (SSSR count). The van der Waals surface area contributed by atoms with Gasteiger partial charge in [0.2, 0.25) is 0 Å². The number of hydrogen-bond acceptors (Lipinski definition) is 6. The molecule has 0 bridgehead atoms. The van der Waals surface area contributed by atoms with E-state index in [1.807, 2.05) is 24.7 Å². The number of fused-ring (bicyclic) bond motifs is 1. The standard InChI is InChI=1S/C21H36N6O/c1-8-15-12-26(16(9-2)11-25(15)13-21(6,7)28)18-17-10-24-27(20(3,4)5)19(17)23-14-22-18/h10,14-16,28H,8-9,11-13H2,1-7H3/t15-,16+/m1/s1. The zero-order chi connectivity index (χ0) is 20.7. The van der Waals surface area contributed by atoms with Crippen LogP contribution in [0.15, 0.2) is 12.5 Å². The van der Waals surface area contributed by atoms with Crippen molar-refractivity contribution in [1.82, 2.24) is 24.6 Å². The average molecular weight is 389 g/mol. The molecular formula is C21H36N6O. The largest absolute Gasteiger partial charge is 0.389 e. The molecule has 2 aromatic heterocycles. The van der Waals surface area contributed by atoms with E-state index in [9.17, 15) is 5.11 Å². The van der Waals surface area contributed by atoms with Crippen molar-refractivity contribution in [1.29, 1.82) is 0 Å². The van der Waals surface area contributed by atoms with E-state index in [1.165, 1.54) is 0 Å². The van der Waals surface area contributed by atoms with Crippen LogP contribution in [0.4, 0.5) is 5.82 Å². The summed E-state index contributed by atoms with van der Waals surface area (Å²) in [7, 11) is 0. The predicted molar refractivity (Wildman–Crippen MR) is 114 cm³/mol. The Hall–Kier alpha value is -1.73. The van der Waals surface area contributed by atoms with E-state index in [1.54, 1.807) is 6.33 Å². The van der Waals surface area contributed by atoms with Crippen LogP contribution in [0.1, 0.15) is 61.3 Å². The number of nitrogens with zero attached hydrogens (tertiary/aromatic N) is 6. The van der Waals surface area contributed by atoms with Crippen molar-refractivity contribution in [2.45, 2.75) is 84.5 Å². The van der Waals surface area contributed by atoms with Gasteiger partial charge in [0, 0.05) is 31.7 Å². The first kappa shape index (κ1) is 21.0. The third-order valence-corrected chi connectivity index (χ3v) is 5.59. The minimum absolute atomic E-state index is 0.130. The number of aliphatic hydroxyl groups is 1. The van der Waals surface area contributed by atoms with Gasteiger partial charge in [-0.2, -0.15) is 5.10 Å². The molecule has 0 amide bonds. The molecule has 0 saturated carbocycles. The van der Waals surface area contributed by atoms with E-state index in [4.69, 9.17) is 0 Å². The van der Waals surface area contributed by atoms with Crippen molar-refractivity contribution in [2.75, 3.05) is 24.5 Å². The molecule has 1 N–H and O–H groups in total. The lowest BCUT2D eigenvalue weighted by molar-refractivity contribution is 0.00996. The minimum Gasteiger partial charge on any atom is -0.389 e. The Balaban J connectivity index is 1.98. The maximum Gasteiger partial charge on any atom is 0.163 e. The highest BCUT2D eigenvalue weighted by Crippen LogP contribution is 2.31. The summed E-state index contributed by atoms with van der Waals surface area (Å²) in [5.41, 5.74) is 0.0676. The Morgan fingerprint density at radius 1 is 1.04 bits per heavy atom. The number of aromatic nitrogens is 4. The fraction of sp³-hybridized carbons (Fsp3) is 0.762. The molecule has 2 atom stereocenters. The molecule has 28 heavy (non-hydrogen) atoms. The Kier molecular flexibility index (Phi) is 5.69. The molecule has 0 spiro atoms. The zero-order valence-corrected chi connectivity index (χ0v) is 18.5. The molecule has 1 saturated heterocycles. The van der Waals surface area contributed by atoms with Gasteiger partial charge < -0.3 is 10.0 Å². The second-order valence-corrected chi connectivity index (χ2v) is 9.68. The van der Waals surface area contributed by atoms with Crippen molar-refractivity contribution in [3.8, 4) is 0 Å². The molecule has 0 aromatic carbocycles. The molecule has 156 valence electrons. The second kappa shape index (κ2) is 7.59. The molecule has 2 aromatic rings. The van der Waals surface area contributed by atoms with Gasteiger partial charge in [-0.3, -0.25) is 4.90 Å². The van der Waals surface area contributed by atoms with E-state index in [-0.39, 0.29) is 5.54 Å². The van der Waals surface area contributed by atoms with Crippen LogP contribution in [-0.2, 0) is 5.54 Å². The van der Waals surface area contributed by atoms with Gasteiger partial charge in [-0.05, 0) is 47.5 Å². The number of rotatable bonds is 5. The Morgan fingerprint density at radius 3 is 2.29 bits per heavy atom. The van der Waals surface area contributed by atoms with Gasteiger partial charge in [-0.25, -0.2) is 14.6 Å². The van der Waals surface area contributed by atoms with Crippen molar-refractivity contribution in [3.63, 3.8) is 0 Å². The third kappa shape index (κ3) is 4.15. The molecule has 1 aliphatic rings. The van der Waals surface area contributed by atoms with Crippen LogP contribution in [0.3, 0.4) is 0 Å². The Bertz CT molecular complexity index is 803. The van der Waals surface area contributed by atoms with Crippen LogP contribution in [0.25, 0.3) is 11.0 Å². The highest BCUT2D eigenvalue weighted by Gasteiger charge is 2.36. The van der Waals surface area contributed by atoms with Gasteiger partial charge in [-0.1, -0.05) is 13.8 Å². The van der Waals surface area contributed by atoms with Gasteiger partial charge in [0.25, 0.3) is 0 Å². The molecule has 7 heteroatoms. The minimum atomic E-state index is -0.691. The molecule has 0 radical (unpaired) electrons. The normalized spacial score (nSPS) is 22.2. The van der Waals surface area contributed by atoms with Gasteiger partial charge in [0.1, 0.15) is 12.1 Å². The van der Waals surface area contributed by atoms with E-state index in [0.29, 0.717) is 18.6 Å². The second-order valence-electron chi connectivity index (χ2n) is 9.68. The average Bonchev–Trinajstić information content (AvgIpc) is 3.04. The lowest BCUT2D eigenvalue weighted by Gasteiger charge is -2.48. The Labute approximate surface area is 168 Å². The van der Waals surface area contributed by atoms with Crippen molar-refractivity contribution in [2.24, 2.45) is 0 Å². The first-order valence-electron chi connectivity index (χ1n) is 10.5. The molecule has 0 unspecified atom stereocenters. The summed E-state index contributed by atoms with van der Waals surface area (Å²) >= 11 is 0. The fourth-order valence-corrected chi connectivity index (χ4v) is 4.25. The lowest BCUT2D eigenvalue weighted by Crippen LogP contribution is -2.60. The van der Waals surface area contributed by atoms with Crippen molar-refractivity contribution in [3.05, 3.63) is 12.5 Å². The van der Waals surface area contributed by atoms with Crippen LogP contribution in [0, 0.1) is 0 Å². The SMILES string of the molecule is CC[C@@H]1CN(c2ncnc3c2cnn3C(C)(C)C)[C@@H](CC)CN1CC(C)(C)O. The predicted octanol–water partition coefficient (Wildman–Crippen LogP) is 3.03. The monoisotopic (exact) mass is 388 g/mol. The van der Waals surface area contributed by atoms with Crippen LogP contribution in [0.2, 0.25) is 0 Å². The van der Waals surface area contributed by atoms with Gasteiger partial charge in [-0.15, -0.1) is 0 Å². The van der Waals surface area contributed by atoms with Crippen LogP contribution < -0.4 is 4.90 Å². The van der Waals surface area contributed by atoms with Gasteiger partial charge >= 0.3 is 0 Å². The van der Waals surface area contributed by atoms with Crippen LogP contribution in [0.5, 0.6) is 0 Å². The maximum absolute atomic E-state index is 10.4. The Morgan fingerprint density at radius 2 is 1.71 bits per heavy atom.